The highest BCUT2D eigenvalue weighted by Crippen LogP contribution is 2.27. The maximum atomic E-state index is 4.58. The molecule has 0 aliphatic carbocycles. The number of aryl methyl sites for hydroxylation is 1. The quantitative estimate of drug-likeness (QED) is 0.556. The maximum absolute atomic E-state index is 4.58. The topological polar surface area (TPSA) is 55.1 Å². The highest BCUT2D eigenvalue weighted by molar-refractivity contribution is 9.10. The smallest absolute Gasteiger partial charge is 0.236 e. The molecular formula is C16H12BrN5S. The third-order valence-electron chi connectivity index (χ3n) is 3.36. The van der Waals surface area contributed by atoms with Crippen LogP contribution < -0.4 is 5.32 Å². The highest BCUT2D eigenvalue weighted by atomic mass is 79.9. The zero-order valence-electron chi connectivity index (χ0n) is 12.2. The predicted molar refractivity (Wildman–Crippen MR) is 96.3 cm³/mol. The Bertz CT molecular complexity index is 974. The molecule has 7 heteroatoms. The van der Waals surface area contributed by atoms with Crippen molar-refractivity contribution in [3.63, 3.8) is 0 Å². The van der Waals surface area contributed by atoms with Crippen molar-refractivity contribution >= 4 is 43.0 Å². The molecule has 0 unspecified atom stereocenters. The van der Waals surface area contributed by atoms with Gasteiger partial charge in [0.15, 0.2) is 5.82 Å². The number of fused-ring (bicyclic) bond motifs is 1. The van der Waals surface area contributed by atoms with E-state index >= 15 is 0 Å². The minimum absolute atomic E-state index is 0.737. The lowest BCUT2D eigenvalue weighted by Gasteiger charge is -2.02. The van der Waals surface area contributed by atoms with Crippen molar-refractivity contribution in [3.8, 4) is 11.4 Å². The van der Waals surface area contributed by atoms with Crippen LogP contribution in [0.5, 0.6) is 0 Å². The molecular weight excluding hydrogens is 374 g/mol. The Balaban J connectivity index is 1.70. The van der Waals surface area contributed by atoms with Crippen molar-refractivity contribution in [1.82, 2.24) is 19.8 Å². The van der Waals surface area contributed by atoms with Gasteiger partial charge in [-0.25, -0.2) is 0 Å². The number of hydrogen-bond donors (Lipinski definition) is 1. The molecule has 0 bridgehead atoms. The van der Waals surface area contributed by atoms with Crippen LogP contribution in [0.3, 0.4) is 0 Å². The molecule has 0 saturated heterocycles. The first kappa shape index (κ1) is 14.3. The van der Waals surface area contributed by atoms with Crippen LogP contribution >= 0.6 is 27.3 Å². The van der Waals surface area contributed by atoms with Crippen LogP contribution in [0.2, 0.25) is 0 Å². The van der Waals surface area contributed by atoms with Gasteiger partial charge in [0, 0.05) is 15.7 Å². The van der Waals surface area contributed by atoms with Crippen molar-refractivity contribution in [3.05, 3.63) is 58.6 Å². The van der Waals surface area contributed by atoms with E-state index in [0.717, 1.165) is 31.6 Å². The molecule has 0 radical (unpaired) electrons. The van der Waals surface area contributed by atoms with Crippen LogP contribution in [0.15, 0.2) is 53.0 Å². The molecule has 0 aliphatic heterocycles. The Morgan fingerprint density at radius 2 is 1.91 bits per heavy atom. The lowest BCUT2D eigenvalue weighted by atomic mass is 10.2. The summed E-state index contributed by atoms with van der Waals surface area (Å²) in [5.41, 5.74) is 3.20. The largest absolute Gasteiger partial charge is 0.330 e. The molecule has 1 N–H and O–H groups in total. The molecule has 0 aliphatic rings. The lowest BCUT2D eigenvalue weighted by molar-refractivity contribution is 0.970. The number of hydrogen-bond acceptors (Lipinski definition) is 5. The van der Waals surface area contributed by atoms with Gasteiger partial charge in [-0.1, -0.05) is 51.5 Å². The summed E-state index contributed by atoms with van der Waals surface area (Å²) in [5.74, 6) is 0.737. The minimum atomic E-state index is 0.737. The number of rotatable bonds is 3. The third kappa shape index (κ3) is 2.85. The molecule has 4 aromatic rings. The predicted octanol–water partition coefficient (Wildman–Crippen LogP) is 4.67. The van der Waals surface area contributed by atoms with E-state index in [-0.39, 0.29) is 0 Å². The monoisotopic (exact) mass is 385 g/mol. The van der Waals surface area contributed by atoms with Crippen LogP contribution in [0, 0.1) is 6.92 Å². The molecule has 0 amide bonds. The van der Waals surface area contributed by atoms with Gasteiger partial charge in [0.2, 0.25) is 10.1 Å². The van der Waals surface area contributed by atoms with Gasteiger partial charge in [0.1, 0.15) is 0 Å². The highest BCUT2D eigenvalue weighted by Gasteiger charge is 2.13. The van der Waals surface area contributed by atoms with Crippen molar-refractivity contribution < 1.29 is 0 Å². The summed E-state index contributed by atoms with van der Waals surface area (Å²) in [5, 5.41) is 17.1. The number of benzene rings is 2. The van der Waals surface area contributed by atoms with E-state index in [0.29, 0.717) is 0 Å². The first-order valence-corrected chi connectivity index (χ1v) is 8.62. The van der Waals surface area contributed by atoms with Crippen molar-refractivity contribution in [2.45, 2.75) is 6.92 Å². The Kier molecular flexibility index (Phi) is 3.59. The zero-order valence-corrected chi connectivity index (χ0v) is 14.6. The zero-order chi connectivity index (χ0) is 15.8. The molecule has 2 aromatic heterocycles. The molecule has 0 saturated carbocycles. The number of nitrogens with zero attached hydrogens (tertiary/aromatic N) is 4. The summed E-state index contributed by atoms with van der Waals surface area (Å²) in [6, 6.07) is 16.1. The molecule has 0 atom stereocenters. The van der Waals surface area contributed by atoms with E-state index in [2.05, 4.69) is 55.6 Å². The molecule has 0 spiro atoms. The second kappa shape index (κ2) is 5.75. The van der Waals surface area contributed by atoms with Crippen LogP contribution in [0.4, 0.5) is 10.8 Å². The van der Waals surface area contributed by atoms with E-state index in [1.165, 1.54) is 16.9 Å². The van der Waals surface area contributed by atoms with Crippen molar-refractivity contribution in [2.75, 3.05) is 5.32 Å². The average Bonchev–Trinajstić information content (AvgIpc) is 3.08. The fourth-order valence-electron chi connectivity index (χ4n) is 2.29. The van der Waals surface area contributed by atoms with E-state index in [9.17, 15) is 0 Å². The van der Waals surface area contributed by atoms with Crippen molar-refractivity contribution in [2.24, 2.45) is 0 Å². The fraction of sp³-hybridized carbons (Fsp3) is 0.0625. The van der Waals surface area contributed by atoms with Gasteiger partial charge in [0.05, 0.1) is 0 Å². The van der Waals surface area contributed by atoms with Crippen LogP contribution in [0.1, 0.15) is 5.56 Å². The molecule has 4 rings (SSSR count). The number of anilines is 2. The normalized spacial score (nSPS) is 11.0. The summed E-state index contributed by atoms with van der Waals surface area (Å²) in [6.45, 7) is 2.06. The first-order valence-electron chi connectivity index (χ1n) is 7.01. The van der Waals surface area contributed by atoms with E-state index in [1.807, 2.05) is 36.4 Å². The number of halogens is 1. The number of aromatic nitrogens is 4. The van der Waals surface area contributed by atoms with Gasteiger partial charge < -0.3 is 5.32 Å². The van der Waals surface area contributed by atoms with Gasteiger partial charge in [-0.05, 0) is 36.8 Å². The summed E-state index contributed by atoms with van der Waals surface area (Å²) >= 11 is 4.91. The van der Waals surface area contributed by atoms with Crippen molar-refractivity contribution in [1.29, 1.82) is 0 Å². The van der Waals surface area contributed by atoms with Gasteiger partial charge in [-0.15, -0.1) is 15.3 Å². The second-order valence-corrected chi connectivity index (χ2v) is 7.00. The molecule has 5 nitrogen and oxygen atoms in total. The van der Waals surface area contributed by atoms with Crippen LogP contribution in [-0.4, -0.2) is 19.8 Å². The maximum Gasteiger partial charge on any atom is 0.236 e. The molecule has 2 heterocycles. The molecule has 114 valence electrons. The minimum Gasteiger partial charge on any atom is -0.330 e. The standard InChI is InChI=1S/C16H12BrN5S/c1-10-3-2-4-13(9-10)18-15-21-22-14(19-20-16(22)23-15)11-5-7-12(17)8-6-11/h2-9H,1H3,(H,18,21). The van der Waals surface area contributed by atoms with Gasteiger partial charge in [-0.2, -0.15) is 4.52 Å². The third-order valence-corrected chi connectivity index (χ3v) is 4.71. The van der Waals surface area contributed by atoms with Crippen LogP contribution in [-0.2, 0) is 0 Å². The van der Waals surface area contributed by atoms with Gasteiger partial charge >= 0.3 is 0 Å². The van der Waals surface area contributed by atoms with Gasteiger partial charge in [0.25, 0.3) is 0 Å². The molecule has 2 aromatic carbocycles. The fourth-order valence-corrected chi connectivity index (χ4v) is 3.32. The Morgan fingerprint density at radius 3 is 2.70 bits per heavy atom. The Morgan fingerprint density at radius 1 is 1.09 bits per heavy atom. The summed E-state index contributed by atoms with van der Waals surface area (Å²) in [7, 11) is 0. The SMILES string of the molecule is Cc1cccc(Nc2nn3c(-c4ccc(Br)cc4)nnc3s2)c1. The van der Waals surface area contributed by atoms with Crippen LogP contribution in [0.25, 0.3) is 16.3 Å². The Labute approximate surface area is 145 Å². The summed E-state index contributed by atoms with van der Waals surface area (Å²) in [6.07, 6.45) is 0. The molecule has 23 heavy (non-hydrogen) atoms. The van der Waals surface area contributed by atoms with E-state index < -0.39 is 0 Å². The van der Waals surface area contributed by atoms with Gasteiger partial charge in [-0.3, -0.25) is 0 Å². The molecule has 0 fully saturated rings. The van der Waals surface area contributed by atoms with E-state index in [4.69, 9.17) is 0 Å². The first-order chi connectivity index (χ1) is 11.2. The Hall–Kier alpha value is -2.25. The lowest BCUT2D eigenvalue weighted by Crippen LogP contribution is -1.94. The average molecular weight is 386 g/mol. The second-order valence-electron chi connectivity index (χ2n) is 5.13. The van der Waals surface area contributed by atoms with E-state index in [1.54, 1.807) is 4.52 Å². The number of nitrogens with one attached hydrogen (secondary N) is 1. The summed E-state index contributed by atoms with van der Waals surface area (Å²) in [4.78, 5) is 0.762. The summed E-state index contributed by atoms with van der Waals surface area (Å²) < 4.78 is 2.80.